The molecule has 0 atom stereocenters. The van der Waals surface area contributed by atoms with Crippen LogP contribution in [0, 0.1) is 6.92 Å². The van der Waals surface area contributed by atoms with E-state index in [4.69, 9.17) is 0 Å². The molecule has 2 aromatic carbocycles. The Hall–Kier alpha value is -4.04. The molecule has 0 radical (unpaired) electrons. The van der Waals surface area contributed by atoms with Crippen LogP contribution in [-0.4, -0.2) is 0 Å². The van der Waals surface area contributed by atoms with Crippen LogP contribution < -0.4 is 9.80 Å². The van der Waals surface area contributed by atoms with Gasteiger partial charge in [0, 0.05) is 34.2 Å². The molecule has 0 spiro atoms. The first-order valence-electron chi connectivity index (χ1n) is 14.9. The van der Waals surface area contributed by atoms with Crippen LogP contribution in [0.1, 0.15) is 63.9 Å². The monoisotopic (exact) mass is 524 g/mol. The van der Waals surface area contributed by atoms with Crippen LogP contribution in [0.3, 0.4) is 0 Å². The van der Waals surface area contributed by atoms with E-state index >= 15 is 0 Å². The van der Waals surface area contributed by atoms with Crippen molar-refractivity contribution in [1.82, 2.24) is 0 Å². The van der Waals surface area contributed by atoms with E-state index in [1.807, 2.05) is 0 Å². The molecule has 0 unspecified atom stereocenters. The van der Waals surface area contributed by atoms with Gasteiger partial charge in [-0.15, -0.1) is 0 Å². The molecule has 202 valence electrons. The number of hydrogen-bond donors (Lipinski definition) is 0. The SMILES string of the molecule is CC1=CCCC=C1N(C1=CC=C(C2=CC=C(N(C3=CCCC=C3)c3ccccc3C)CC2)CC1)c1ccccc1. The molecule has 0 fully saturated rings. The van der Waals surface area contributed by atoms with Crippen molar-refractivity contribution in [1.29, 1.82) is 0 Å². The van der Waals surface area contributed by atoms with Gasteiger partial charge in [0.05, 0.1) is 0 Å². The Balaban J connectivity index is 1.29. The molecular formula is C38H40N2. The molecule has 2 aromatic rings. The molecule has 0 N–H and O–H groups in total. The molecule has 4 aliphatic carbocycles. The van der Waals surface area contributed by atoms with Crippen molar-refractivity contribution in [2.45, 2.75) is 65.2 Å². The smallest absolute Gasteiger partial charge is 0.0487 e. The second-order valence-corrected chi connectivity index (χ2v) is 11.2. The molecule has 0 aliphatic heterocycles. The molecule has 4 aliphatic rings. The average molecular weight is 525 g/mol. The Kier molecular flexibility index (Phi) is 7.86. The fourth-order valence-electron chi connectivity index (χ4n) is 6.29. The molecular weight excluding hydrogens is 484 g/mol. The topological polar surface area (TPSA) is 6.48 Å². The maximum Gasteiger partial charge on any atom is 0.0487 e. The molecule has 0 amide bonds. The van der Waals surface area contributed by atoms with Crippen molar-refractivity contribution in [3.05, 3.63) is 154 Å². The van der Waals surface area contributed by atoms with E-state index in [2.05, 4.69) is 133 Å². The second kappa shape index (κ2) is 12.0. The highest BCUT2D eigenvalue weighted by molar-refractivity contribution is 5.66. The van der Waals surface area contributed by atoms with E-state index in [0.29, 0.717) is 0 Å². The van der Waals surface area contributed by atoms with Crippen LogP contribution in [0.5, 0.6) is 0 Å². The lowest BCUT2D eigenvalue weighted by molar-refractivity contribution is 0.811. The van der Waals surface area contributed by atoms with E-state index in [1.165, 1.54) is 56.4 Å². The van der Waals surface area contributed by atoms with Crippen LogP contribution >= 0.6 is 0 Å². The van der Waals surface area contributed by atoms with Gasteiger partial charge in [-0.2, -0.15) is 0 Å². The van der Waals surface area contributed by atoms with Crippen molar-refractivity contribution >= 4 is 11.4 Å². The Morgan fingerprint density at radius 2 is 1.23 bits per heavy atom. The van der Waals surface area contributed by atoms with Crippen molar-refractivity contribution in [3.8, 4) is 0 Å². The number of allylic oxidation sites excluding steroid dienone is 14. The summed E-state index contributed by atoms with van der Waals surface area (Å²) < 4.78 is 0. The van der Waals surface area contributed by atoms with Gasteiger partial charge in [-0.3, -0.25) is 0 Å². The third kappa shape index (κ3) is 5.49. The van der Waals surface area contributed by atoms with Crippen LogP contribution in [0.2, 0.25) is 0 Å². The van der Waals surface area contributed by atoms with Gasteiger partial charge in [0.15, 0.2) is 0 Å². The summed E-state index contributed by atoms with van der Waals surface area (Å²) in [5.41, 5.74) is 13.6. The van der Waals surface area contributed by atoms with Gasteiger partial charge >= 0.3 is 0 Å². The fraction of sp³-hybridized carbons (Fsp3) is 0.263. The zero-order chi connectivity index (χ0) is 27.3. The minimum absolute atomic E-state index is 1.05. The van der Waals surface area contributed by atoms with Crippen LogP contribution in [-0.2, 0) is 0 Å². The summed E-state index contributed by atoms with van der Waals surface area (Å²) in [6.07, 6.45) is 30.0. The molecule has 2 nitrogen and oxygen atoms in total. The van der Waals surface area contributed by atoms with Crippen LogP contribution in [0.15, 0.2) is 149 Å². The number of anilines is 2. The summed E-state index contributed by atoms with van der Waals surface area (Å²) in [7, 11) is 0. The zero-order valence-corrected chi connectivity index (χ0v) is 23.9. The Bertz CT molecular complexity index is 1500. The van der Waals surface area contributed by atoms with Gasteiger partial charge in [0.1, 0.15) is 0 Å². The standard InChI is InChI=1S/C38H40N2/c1-29-13-9-11-19-37(29)39(33-15-5-3-6-16-33)35-25-21-31(22-26-35)32-23-27-36(28-24-32)40(34-17-7-4-8-18-34)38-20-12-10-14-30(38)2/h3,5-7,10,12-21,23,25,27H,4,8-9,11,22,24,26,28H2,1-2H3. The van der Waals surface area contributed by atoms with Gasteiger partial charge in [0.2, 0.25) is 0 Å². The quantitative estimate of drug-likeness (QED) is 0.355. The summed E-state index contributed by atoms with van der Waals surface area (Å²) in [5.74, 6) is 0. The van der Waals surface area contributed by atoms with Gasteiger partial charge in [-0.25, -0.2) is 0 Å². The minimum Gasteiger partial charge on any atom is -0.314 e. The van der Waals surface area contributed by atoms with E-state index < -0.39 is 0 Å². The van der Waals surface area contributed by atoms with Gasteiger partial charge < -0.3 is 9.80 Å². The Morgan fingerprint density at radius 1 is 0.575 bits per heavy atom. The number of nitrogens with zero attached hydrogens (tertiary/aromatic N) is 2. The molecule has 0 bridgehead atoms. The molecule has 2 heteroatoms. The van der Waals surface area contributed by atoms with Crippen molar-refractivity contribution < 1.29 is 0 Å². The fourth-order valence-corrected chi connectivity index (χ4v) is 6.29. The summed E-state index contributed by atoms with van der Waals surface area (Å²) >= 11 is 0. The normalized spacial score (nSPS) is 18.9. The summed E-state index contributed by atoms with van der Waals surface area (Å²) in [6, 6.07) is 19.6. The molecule has 6 rings (SSSR count). The summed E-state index contributed by atoms with van der Waals surface area (Å²) in [4.78, 5) is 4.97. The second-order valence-electron chi connectivity index (χ2n) is 11.2. The highest BCUT2D eigenvalue weighted by Gasteiger charge is 2.24. The average Bonchev–Trinajstić information content (AvgIpc) is 3.01. The first kappa shape index (κ1) is 26.2. The van der Waals surface area contributed by atoms with Crippen molar-refractivity contribution in [2.24, 2.45) is 0 Å². The highest BCUT2D eigenvalue weighted by Crippen LogP contribution is 2.39. The predicted molar refractivity (Wildman–Crippen MR) is 171 cm³/mol. The van der Waals surface area contributed by atoms with E-state index in [-0.39, 0.29) is 0 Å². The molecule has 40 heavy (non-hydrogen) atoms. The molecule has 0 saturated heterocycles. The van der Waals surface area contributed by atoms with Crippen molar-refractivity contribution in [3.63, 3.8) is 0 Å². The predicted octanol–water partition coefficient (Wildman–Crippen LogP) is 10.4. The number of benzene rings is 2. The first-order chi connectivity index (χ1) is 19.7. The molecule has 0 aromatic heterocycles. The van der Waals surface area contributed by atoms with Crippen LogP contribution in [0.4, 0.5) is 11.4 Å². The summed E-state index contributed by atoms with van der Waals surface area (Å²) in [6.45, 7) is 4.47. The van der Waals surface area contributed by atoms with E-state index in [9.17, 15) is 0 Å². The van der Waals surface area contributed by atoms with Gasteiger partial charge in [-0.05, 0) is 124 Å². The molecule has 0 saturated carbocycles. The number of para-hydroxylation sites is 2. The third-order valence-electron chi connectivity index (χ3n) is 8.45. The van der Waals surface area contributed by atoms with Gasteiger partial charge in [0.25, 0.3) is 0 Å². The first-order valence-corrected chi connectivity index (χ1v) is 14.9. The maximum absolute atomic E-state index is 2.48. The van der Waals surface area contributed by atoms with E-state index in [0.717, 1.165) is 51.4 Å². The van der Waals surface area contributed by atoms with E-state index in [1.54, 1.807) is 0 Å². The minimum atomic E-state index is 1.05. The largest absolute Gasteiger partial charge is 0.314 e. The van der Waals surface area contributed by atoms with Crippen molar-refractivity contribution in [2.75, 3.05) is 9.80 Å². The number of aryl methyl sites for hydroxylation is 1. The van der Waals surface area contributed by atoms with Crippen LogP contribution in [0.25, 0.3) is 0 Å². The summed E-state index contributed by atoms with van der Waals surface area (Å²) in [5, 5.41) is 0. The zero-order valence-electron chi connectivity index (χ0n) is 23.9. The molecule has 0 heterocycles. The maximum atomic E-state index is 2.48. The number of hydrogen-bond acceptors (Lipinski definition) is 2. The third-order valence-corrected chi connectivity index (χ3v) is 8.45. The lowest BCUT2D eigenvalue weighted by Gasteiger charge is -2.34. The lowest BCUT2D eigenvalue weighted by Crippen LogP contribution is -2.25. The van der Waals surface area contributed by atoms with Gasteiger partial charge in [-0.1, -0.05) is 72.9 Å². The number of rotatable bonds is 7. The lowest BCUT2D eigenvalue weighted by atomic mass is 9.88. The Morgan fingerprint density at radius 3 is 1.85 bits per heavy atom. The Labute approximate surface area is 240 Å². The highest BCUT2D eigenvalue weighted by atomic mass is 15.2.